The van der Waals surface area contributed by atoms with E-state index in [9.17, 15) is 13.2 Å². The normalized spacial score (nSPS) is 17.3. The lowest BCUT2D eigenvalue weighted by Crippen LogP contribution is -2.40. The van der Waals surface area contributed by atoms with Gasteiger partial charge in [-0.05, 0) is 31.0 Å². The summed E-state index contributed by atoms with van der Waals surface area (Å²) in [4.78, 5) is 17.2. The molecule has 1 fully saturated rings. The van der Waals surface area contributed by atoms with Crippen LogP contribution in [-0.2, 0) is 26.2 Å². The Balaban J connectivity index is 1.20. The number of para-hydroxylation sites is 1. The molecule has 0 unspecified atom stereocenters. The number of nitrogens with zero attached hydrogens (tertiary/aromatic N) is 2. The van der Waals surface area contributed by atoms with Crippen LogP contribution in [-0.4, -0.2) is 50.0 Å². The zero-order valence-corrected chi connectivity index (χ0v) is 19.5. The third-order valence-corrected chi connectivity index (χ3v) is 8.12. The van der Waals surface area contributed by atoms with E-state index in [1.807, 2.05) is 30.3 Å². The zero-order chi connectivity index (χ0) is 23.5. The quantitative estimate of drug-likeness (QED) is 0.513. The molecule has 0 atom stereocenters. The highest BCUT2D eigenvalue weighted by Gasteiger charge is 2.33. The van der Waals surface area contributed by atoms with E-state index in [-0.39, 0.29) is 36.5 Å². The average Bonchev–Trinajstić information content (AvgIpc) is 3.12. The van der Waals surface area contributed by atoms with Crippen LogP contribution in [0, 0.1) is 5.92 Å². The summed E-state index contributed by atoms with van der Waals surface area (Å²) >= 11 is 0. The maximum absolute atomic E-state index is 13.2. The molecule has 2 aliphatic rings. The number of esters is 1. The lowest BCUT2D eigenvalue weighted by Gasteiger charge is -2.30. The molecule has 0 N–H and O–H groups in total. The van der Waals surface area contributed by atoms with Crippen LogP contribution in [0.2, 0.25) is 0 Å². The monoisotopic (exact) mass is 482 g/mol. The Kier molecular flexibility index (Phi) is 6.38. The van der Waals surface area contributed by atoms with Gasteiger partial charge in [0.15, 0.2) is 11.5 Å². The molecule has 0 amide bonds. The number of carbonyl (C=O) groups is 1. The molecule has 3 aromatic rings. The molecule has 34 heavy (non-hydrogen) atoms. The van der Waals surface area contributed by atoms with E-state index < -0.39 is 10.0 Å². The van der Waals surface area contributed by atoms with E-state index in [0.717, 1.165) is 22.9 Å². The molecular weight excluding hydrogens is 456 g/mol. The fourth-order valence-corrected chi connectivity index (χ4v) is 5.82. The predicted molar refractivity (Wildman–Crippen MR) is 125 cm³/mol. The van der Waals surface area contributed by atoms with Gasteiger partial charge in [0, 0.05) is 42.7 Å². The van der Waals surface area contributed by atoms with Gasteiger partial charge in [-0.1, -0.05) is 24.3 Å². The SMILES string of the molecule is O=C(OCc1cccc2cccnc12)C1CCN(S(=O)(=O)c2ccc3c(c2)OCCCO3)CC1. The molecule has 0 spiro atoms. The molecule has 8 nitrogen and oxygen atoms in total. The van der Waals surface area contributed by atoms with Crippen LogP contribution in [0.15, 0.2) is 59.6 Å². The van der Waals surface area contributed by atoms with Crippen LogP contribution in [0.25, 0.3) is 10.9 Å². The highest BCUT2D eigenvalue weighted by atomic mass is 32.2. The van der Waals surface area contributed by atoms with Gasteiger partial charge in [-0.15, -0.1) is 0 Å². The van der Waals surface area contributed by atoms with Crippen LogP contribution >= 0.6 is 0 Å². The van der Waals surface area contributed by atoms with E-state index in [1.54, 1.807) is 18.3 Å². The number of hydrogen-bond donors (Lipinski definition) is 0. The third-order valence-electron chi connectivity index (χ3n) is 6.23. The van der Waals surface area contributed by atoms with Gasteiger partial charge in [-0.25, -0.2) is 8.42 Å². The van der Waals surface area contributed by atoms with Gasteiger partial charge < -0.3 is 14.2 Å². The van der Waals surface area contributed by atoms with Gasteiger partial charge in [0.2, 0.25) is 10.0 Å². The fourth-order valence-electron chi connectivity index (χ4n) is 4.34. The fraction of sp³-hybridized carbons (Fsp3) is 0.360. The molecule has 0 saturated carbocycles. The van der Waals surface area contributed by atoms with Gasteiger partial charge in [0.1, 0.15) is 6.61 Å². The summed E-state index contributed by atoms with van der Waals surface area (Å²) in [6.07, 6.45) is 3.29. The van der Waals surface area contributed by atoms with Crippen molar-refractivity contribution in [2.24, 2.45) is 5.92 Å². The second kappa shape index (κ2) is 9.60. The van der Waals surface area contributed by atoms with Crippen molar-refractivity contribution in [1.82, 2.24) is 9.29 Å². The van der Waals surface area contributed by atoms with Crippen LogP contribution in [0.1, 0.15) is 24.8 Å². The van der Waals surface area contributed by atoms with Gasteiger partial charge in [-0.2, -0.15) is 4.31 Å². The van der Waals surface area contributed by atoms with E-state index in [1.165, 1.54) is 10.4 Å². The maximum atomic E-state index is 13.2. The van der Waals surface area contributed by atoms with Crippen molar-refractivity contribution >= 4 is 26.9 Å². The Labute approximate surface area is 198 Å². The highest BCUT2D eigenvalue weighted by molar-refractivity contribution is 7.89. The van der Waals surface area contributed by atoms with E-state index in [2.05, 4.69) is 4.98 Å². The number of aromatic nitrogens is 1. The molecule has 0 bridgehead atoms. The summed E-state index contributed by atoms with van der Waals surface area (Å²) in [6, 6.07) is 14.3. The number of benzene rings is 2. The molecule has 1 aromatic heterocycles. The molecule has 0 radical (unpaired) electrons. The van der Waals surface area contributed by atoms with Gasteiger partial charge in [-0.3, -0.25) is 9.78 Å². The molecule has 3 heterocycles. The second-order valence-corrected chi connectivity index (χ2v) is 10.4. The Hall–Kier alpha value is -3.17. The lowest BCUT2D eigenvalue weighted by atomic mass is 9.98. The topological polar surface area (TPSA) is 95.0 Å². The standard InChI is InChI=1S/C25H26N2O6S/c28-25(33-17-20-5-1-4-18-6-2-11-26-24(18)20)19-9-12-27(13-10-19)34(29,30)21-7-8-22-23(16-21)32-15-3-14-31-22/h1-2,4-8,11,16,19H,3,9-10,12-15,17H2. The van der Waals surface area contributed by atoms with Crippen molar-refractivity contribution in [2.75, 3.05) is 26.3 Å². The summed E-state index contributed by atoms with van der Waals surface area (Å²) in [5, 5.41) is 0.990. The summed E-state index contributed by atoms with van der Waals surface area (Å²) in [5.41, 5.74) is 1.66. The van der Waals surface area contributed by atoms with Crippen molar-refractivity contribution in [3.8, 4) is 11.5 Å². The second-order valence-electron chi connectivity index (χ2n) is 8.44. The van der Waals surface area contributed by atoms with Gasteiger partial charge >= 0.3 is 5.97 Å². The van der Waals surface area contributed by atoms with Crippen molar-refractivity contribution in [2.45, 2.75) is 30.8 Å². The highest BCUT2D eigenvalue weighted by Crippen LogP contribution is 2.34. The Morgan fingerprint density at radius 1 is 1.03 bits per heavy atom. The molecule has 5 rings (SSSR count). The van der Waals surface area contributed by atoms with E-state index in [0.29, 0.717) is 37.6 Å². The minimum Gasteiger partial charge on any atom is -0.490 e. The molecule has 178 valence electrons. The Morgan fingerprint density at radius 3 is 2.62 bits per heavy atom. The maximum Gasteiger partial charge on any atom is 0.309 e. The molecule has 0 aliphatic carbocycles. The van der Waals surface area contributed by atoms with Crippen LogP contribution < -0.4 is 9.47 Å². The van der Waals surface area contributed by atoms with Crippen molar-refractivity contribution in [1.29, 1.82) is 0 Å². The molecule has 2 aliphatic heterocycles. The lowest BCUT2D eigenvalue weighted by molar-refractivity contribution is -0.151. The van der Waals surface area contributed by atoms with Crippen LogP contribution in [0.5, 0.6) is 11.5 Å². The summed E-state index contributed by atoms with van der Waals surface area (Å²) < 4.78 is 44.6. The summed E-state index contributed by atoms with van der Waals surface area (Å²) in [5.74, 6) is 0.359. The number of carbonyl (C=O) groups excluding carboxylic acids is 1. The number of rotatable bonds is 5. The minimum atomic E-state index is -3.70. The number of hydrogen-bond acceptors (Lipinski definition) is 7. The Bertz CT molecular complexity index is 1300. The zero-order valence-electron chi connectivity index (χ0n) is 18.7. The first-order valence-corrected chi connectivity index (χ1v) is 12.9. The number of sulfonamides is 1. The third kappa shape index (κ3) is 4.58. The summed E-state index contributed by atoms with van der Waals surface area (Å²) in [7, 11) is -3.70. The largest absolute Gasteiger partial charge is 0.490 e. The number of fused-ring (bicyclic) bond motifs is 2. The molecule has 9 heteroatoms. The number of pyridine rings is 1. The minimum absolute atomic E-state index is 0.142. The van der Waals surface area contributed by atoms with Crippen molar-refractivity contribution in [3.63, 3.8) is 0 Å². The predicted octanol–water partition coefficient (Wildman–Crippen LogP) is 3.54. The number of piperidine rings is 1. The van der Waals surface area contributed by atoms with Crippen molar-refractivity contribution < 1.29 is 27.4 Å². The molecule has 2 aromatic carbocycles. The van der Waals surface area contributed by atoms with Crippen molar-refractivity contribution in [3.05, 3.63) is 60.3 Å². The number of ether oxygens (including phenoxy) is 3. The van der Waals surface area contributed by atoms with Crippen LogP contribution in [0.3, 0.4) is 0 Å². The summed E-state index contributed by atoms with van der Waals surface area (Å²) in [6.45, 7) is 1.68. The van der Waals surface area contributed by atoms with Gasteiger partial charge in [0.25, 0.3) is 0 Å². The smallest absolute Gasteiger partial charge is 0.309 e. The average molecular weight is 483 g/mol. The Morgan fingerprint density at radius 2 is 1.79 bits per heavy atom. The molecular formula is C25H26N2O6S. The van der Waals surface area contributed by atoms with Gasteiger partial charge in [0.05, 0.1) is 29.5 Å². The molecule has 1 saturated heterocycles. The first-order chi connectivity index (χ1) is 16.5. The van der Waals surface area contributed by atoms with E-state index in [4.69, 9.17) is 14.2 Å². The van der Waals surface area contributed by atoms with Crippen LogP contribution in [0.4, 0.5) is 0 Å². The first-order valence-electron chi connectivity index (χ1n) is 11.4. The van der Waals surface area contributed by atoms with E-state index >= 15 is 0 Å². The first kappa shape index (κ1) is 22.6.